The van der Waals surface area contributed by atoms with Gasteiger partial charge < -0.3 is 5.11 Å². The molecule has 0 spiro atoms. The van der Waals surface area contributed by atoms with E-state index in [1.165, 1.54) is 7.11 Å². The molecule has 0 rings (SSSR count). The Morgan fingerprint density at radius 2 is 1.92 bits per heavy atom. The minimum absolute atomic E-state index is 0.222. The molecule has 0 unspecified atom stereocenters. The van der Waals surface area contributed by atoms with E-state index in [-0.39, 0.29) is 5.97 Å². The van der Waals surface area contributed by atoms with Crippen LogP contribution in [0.2, 0.25) is 0 Å². The van der Waals surface area contributed by atoms with Gasteiger partial charge in [0.25, 0.3) is 0 Å². The second-order valence-corrected chi connectivity index (χ2v) is 2.58. The van der Waals surface area contributed by atoms with Crippen LogP contribution in [0.25, 0.3) is 0 Å². The zero-order valence-electron chi connectivity index (χ0n) is 8.03. The zero-order valence-corrected chi connectivity index (χ0v) is 10.0. The van der Waals surface area contributed by atoms with Gasteiger partial charge in [0, 0.05) is 6.08 Å². The summed E-state index contributed by atoms with van der Waals surface area (Å²) >= 11 is 0.912. The van der Waals surface area contributed by atoms with Crippen molar-refractivity contribution in [2.24, 2.45) is 0 Å². The van der Waals surface area contributed by atoms with Crippen LogP contribution < -0.4 is 0 Å². The molecule has 0 fully saturated rings. The molecule has 0 heterocycles. The standard InChI is InChI=1S/C5H7O2.C3H4O2.Na/c1-4(2)5(6)7-3;1-2-3(4)5;/h1H,2-3H3;2H,1H2,(H,4,5);. The van der Waals surface area contributed by atoms with Gasteiger partial charge in [-0.2, -0.15) is 0 Å². The fourth-order valence-corrected chi connectivity index (χ4v) is 0.515. The Morgan fingerprint density at radius 1 is 1.54 bits per heavy atom. The summed E-state index contributed by atoms with van der Waals surface area (Å²) in [5, 5.41) is 7.60. The molecular weight excluding hydrogens is 183 g/mol. The molecule has 68 valence electrons. The molecule has 0 radical (unpaired) electrons. The first kappa shape index (κ1) is 14.9. The van der Waals surface area contributed by atoms with Gasteiger partial charge in [-0.05, 0) is 0 Å². The molecule has 1 N–H and O–H groups in total. The fraction of sp³-hybridized carbons (Fsp3) is 0.250. The van der Waals surface area contributed by atoms with Crippen LogP contribution in [0, 0.1) is 0 Å². The first-order valence-electron chi connectivity index (χ1n) is 3.56. The van der Waals surface area contributed by atoms with Gasteiger partial charge in [-0.25, -0.2) is 4.79 Å². The molecule has 13 heavy (non-hydrogen) atoms. The molecule has 0 saturated carbocycles. The monoisotopic (exact) mass is 194 g/mol. The van der Waals surface area contributed by atoms with Crippen LogP contribution >= 0.6 is 0 Å². The Balaban J connectivity index is 0. The summed E-state index contributed by atoms with van der Waals surface area (Å²) in [6.45, 7) is 4.71. The number of ether oxygens (including phenoxy) is 1. The average Bonchev–Trinajstić information content (AvgIpc) is 2.16. The van der Waals surface area contributed by atoms with Crippen LogP contribution in [-0.4, -0.2) is 52.1 Å². The van der Waals surface area contributed by atoms with E-state index < -0.39 is 5.97 Å². The van der Waals surface area contributed by atoms with E-state index in [1.54, 1.807) is 6.92 Å². The molecule has 0 amide bonds. The van der Waals surface area contributed by atoms with Crippen molar-refractivity contribution in [3.05, 3.63) is 21.6 Å². The normalized spacial score (nSPS) is 9.38. The molecule has 0 aliphatic heterocycles. The predicted octanol–water partition coefficient (Wildman–Crippen LogP) is 0.489. The topological polar surface area (TPSA) is 63.6 Å². The Kier molecular flexibility index (Phi) is 10.9. The Bertz CT molecular complexity index is 220. The third-order valence-corrected chi connectivity index (χ3v) is 1.98. The first-order chi connectivity index (χ1) is 5.99. The molecule has 0 aromatic rings. The van der Waals surface area contributed by atoms with E-state index in [4.69, 9.17) is 5.11 Å². The zero-order chi connectivity index (χ0) is 10.9. The van der Waals surface area contributed by atoms with Crippen molar-refractivity contribution in [1.82, 2.24) is 0 Å². The summed E-state index contributed by atoms with van der Waals surface area (Å²) in [5.41, 5.74) is 0.708. The van der Waals surface area contributed by atoms with Gasteiger partial charge >= 0.3 is 72.3 Å². The summed E-state index contributed by atoms with van der Waals surface area (Å²) in [4.78, 5) is 19.7. The molecule has 0 aliphatic carbocycles. The van der Waals surface area contributed by atoms with Gasteiger partial charge in [-0.15, -0.1) is 0 Å². The van der Waals surface area contributed by atoms with Crippen LogP contribution in [0.5, 0.6) is 0 Å². The van der Waals surface area contributed by atoms with Gasteiger partial charge in [-0.3, -0.25) is 0 Å². The maximum atomic E-state index is 10.5. The van der Waals surface area contributed by atoms with Gasteiger partial charge in [0.15, 0.2) is 0 Å². The number of hydrogen-bond donors (Lipinski definition) is 1. The first-order valence-corrected chi connectivity index (χ1v) is 4.71. The summed E-state index contributed by atoms with van der Waals surface area (Å²) in [6, 6.07) is 0. The van der Waals surface area contributed by atoms with Crippen LogP contribution in [0.3, 0.4) is 0 Å². The third-order valence-electron chi connectivity index (χ3n) is 1.12. The molecule has 0 aromatic carbocycles. The number of carboxylic acids is 1. The van der Waals surface area contributed by atoms with E-state index in [1.807, 2.05) is 3.33 Å². The van der Waals surface area contributed by atoms with Crippen LogP contribution in [-0.2, 0) is 14.3 Å². The Labute approximate surface area is 94.7 Å². The summed E-state index contributed by atoms with van der Waals surface area (Å²) < 4.78 is 6.27. The minimum atomic E-state index is -0.981. The molecule has 0 bridgehead atoms. The fourth-order valence-electron chi connectivity index (χ4n) is 0.279. The molecule has 0 aromatic heterocycles. The number of carbonyl (C=O) groups is 2. The number of esters is 1. The average molecular weight is 194 g/mol. The van der Waals surface area contributed by atoms with Crippen LogP contribution in [0.15, 0.2) is 21.6 Å². The van der Waals surface area contributed by atoms with Crippen molar-refractivity contribution < 1.29 is 19.4 Å². The second kappa shape index (κ2) is 9.51. The van der Waals surface area contributed by atoms with Crippen molar-refractivity contribution in [1.29, 1.82) is 0 Å². The van der Waals surface area contributed by atoms with Gasteiger partial charge in [0.05, 0.1) is 0 Å². The predicted molar refractivity (Wildman–Crippen MR) is 49.4 cm³/mol. The van der Waals surface area contributed by atoms with Crippen LogP contribution in [0.4, 0.5) is 0 Å². The number of methoxy groups -OCH3 is 1. The molecular formula is C8H11NaO4. The number of carboxylic acid groups (broad SMARTS) is 1. The maximum absolute atomic E-state index is 10.5. The molecule has 0 atom stereocenters. The summed E-state index contributed by atoms with van der Waals surface area (Å²) in [6.07, 6.45) is 0.833. The van der Waals surface area contributed by atoms with Crippen molar-refractivity contribution in [2.75, 3.05) is 7.11 Å². The number of rotatable bonds is 2. The van der Waals surface area contributed by atoms with Gasteiger partial charge in [0.2, 0.25) is 0 Å². The molecule has 4 nitrogen and oxygen atoms in total. The Hall–Kier alpha value is -0.580. The van der Waals surface area contributed by atoms with Crippen molar-refractivity contribution >= 4 is 39.9 Å². The van der Waals surface area contributed by atoms with Gasteiger partial charge in [-0.1, -0.05) is 6.58 Å². The van der Waals surface area contributed by atoms with Gasteiger partial charge in [0.1, 0.15) is 0 Å². The number of aliphatic carboxylic acids is 1. The molecule has 0 aliphatic rings. The summed E-state index contributed by atoms with van der Waals surface area (Å²) in [5.74, 6) is -1.20. The Morgan fingerprint density at radius 3 is 2.00 bits per heavy atom. The second-order valence-electron chi connectivity index (χ2n) is 2.01. The molecule has 0 saturated heterocycles. The van der Waals surface area contributed by atoms with Crippen LogP contribution in [0.1, 0.15) is 6.92 Å². The number of carbonyl (C=O) groups excluding carboxylic acids is 1. The quantitative estimate of drug-likeness (QED) is 0.394. The van der Waals surface area contributed by atoms with Crippen molar-refractivity contribution in [3.63, 3.8) is 0 Å². The molecule has 5 heteroatoms. The number of hydrogen-bond acceptors (Lipinski definition) is 3. The van der Waals surface area contributed by atoms with E-state index in [2.05, 4.69) is 11.3 Å². The van der Waals surface area contributed by atoms with E-state index in [9.17, 15) is 9.59 Å². The van der Waals surface area contributed by atoms with E-state index in [0.29, 0.717) is 5.57 Å². The SMILES string of the molecule is C=CC(=O)O.COC(=O)C(C)=[CH][Na]. The summed E-state index contributed by atoms with van der Waals surface area (Å²) in [7, 11) is 1.39. The van der Waals surface area contributed by atoms with E-state index >= 15 is 0 Å². The van der Waals surface area contributed by atoms with Crippen molar-refractivity contribution in [2.45, 2.75) is 6.92 Å². The van der Waals surface area contributed by atoms with Crippen molar-refractivity contribution in [3.8, 4) is 0 Å². The third kappa shape index (κ3) is 11.4. The van der Waals surface area contributed by atoms with E-state index in [0.717, 1.165) is 34.0 Å².